The molecule has 0 amide bonds. The molecule has 0 aliphatic rings. The Balaban J connectivity index is 5.62. The molecule has 0 aromatic rings. The maximum Gasteiger partial charge on any atom is 0.481 e. The first kappa shape index (κ1) is 23.5. The quantitative estimate of drug-likeness (QED) is 0.371. The maximum atomic E-state index is 6.86. The summed E-state index contributed by atoms with van der Waals surface area (Å²) in [6.07, 6.45) is 0. The van der Waals surface area contributed by atoms with Gasteiger partial charge in [-0.3, -0.25) is 0 Å². The molecule has 0 fully saturated rings. The zero-order chi connectivity index (χ0) is 18.0. The first-order valence-corrected chi connectivity index (χ1v) is 16.3. The van der Waals surface area contributed by atoms with E-state index in [4.69, 9.17) is 17.1 Å². The summed E-state index contributed by atoms with van der Waals surface area (Å²) in [5.74, 6) is 0. The van der Waals surface area contributed by atoms with E-state index in [-0.39, 0.29) is 0 Å². The van der Waals surface area contributed by atoms with E-state index in [0.717, 1.165) is 36.3 Å². The van der Waals surface area contributed by atoms with Gasteiger partial charge in [0.25, 0.3) is 0 Å². The Kier molecular flexibility index (Phi) is 11.4. The van der Waals surface area contributed by atoms with E-state index < -0.39 is 25.7 Å². The van der Waals surface area contributed by atoms with E-state index in [2.05, 4.69) is 48.5 Å². The second kappa shape index (κ2) is 11.2. The van der Waals surface area contributed by atoms with Crippen LogP contribution in [0.1, 0.15) is 55.4 Å². The van der Waals surface area contributed by atoms with Gasteiger partial charge in [0.15, 0.2) is 8.32 Å². The van der Waals surface area contributed by atoms with E-state index in [0.29, 0.717) is 13.2 Å². The largest absolute Gasteiger partial charge is 0.481 e. The lowest BCUT2D eigenvalue weighted by atomic mass is 10.9. The Bertz CT molecular complexity index is 301. The highest BCUT2D eigenvalue weighted by atomic mass is 28.5. The molecule has 1 unspecified atom stereocenters. The first-order chi connectivity index (χ1) is 10.9. The molecule has 0 bridgehead atoms. The molecule has 0 radical (unpaired) electrons. The van der Waals surface area contributed by atoms with Crippen molar-refractivity contribution in [3.05, 3.63) is 0 Å². The monoisotopic (exact) mass is 380 g/mol. The van der Waals surface area contributed by atoms with Gasteiger partial charge < -0.3 is 17.1 Å². The lowest BCUT2D eigenvalue weighted by Gasteiger charge is -2.43. The summed E-state index contributed by atoms with van der Waals surface area (Å²) in [6, 6.07) is 6.08. The summed E-state index contributed by atoms with van der Waals surface area (Å²) in [5, 5.41) is 0. The van der Waals surface area contributed by atoms with Crippen LogP contribution in [-0.4, -0.2) is 38.9 Å². The van der Waals surface area contributed by atoms with Crippen molar-refractivity contribution in [3.63, 3.8) is 0 Å². The fraction of sp³-hybridized carbons (Fsp3) is 1.00. The van der Waals surface area contributed by atoms with Crippen LogP contribution in [0.4, 0.5) is 0 Å². The average Bonchev–Trinajstić information content (AvgIpc) is 2.59. The molecule has 0 heterocycles. The summed E-state index contributed by atoms with van der Waals surface area (Å²) in [6.45, 7) is 18.7. The SMILES string of the molecule is CCO[Si](CC)(CC)O[Si](CC)(OCC)O[Si](CC)(CC)CC. The van der Waals surface area contributed by atoms with Gasteiger partial charge in [-0.15, -0.1) is 0 Å². The summed E-state index contributed by atoms with van der Waals surface area (Å²) in [5.41, 5.74) is 0. The molecule has 0 saturated carbocycles. The van der Waals surface area contributed by atoms with Crippen molar-refractivity contribution in [3.8, 4) is 0 Å². The molecule has 0 spiro atoms. The van der Waals surface area contributed by atoms with E-state index >= 15 is 0 Å². The molecule has 1 atom stereocenters. The van der Waals surface area contributed by atoms with Crippen molar-refractivity contribution in [2.75, 3.05) is 13.2 Å². The van der Waals surface area contributed by atoms with E-state index in [9.17, 15) is 0 Å². The molecule has 0 aliphatic carbocycles. The van der Waals surface area contributed by atoms with Gasteiger partial charge >= 0.3 is 17.4 Å². The first-order valence-electron chi connectivity index (χ1n) is 9.58. The van der Waals surface area contributed by atoms with Crippen molar-refractivity contribution < 1.29 is 17.1 Å². The van der Waals surface area contributed by atoms with Crippen molar-refractivity contribution in [2.24, 2.45) is 0 Å². The standard InChI is InChI=1S/C16H40O4Si3/c1-9-17-22(14-6,15-7)20-23(16-8,18-10-2)19-21(11-3,12-4)13-5/h9-16H2,1-8H3. The minimum absolute atomic E-state index is 0.645. The van der Waals surface area contributed by atoms with Crippen LogP contribution in [0, 0.1) is 0 Å². The molecule has 0 N–H and O–H groups in total. The summed E-state index contributed by atoms with van der Waals surface area (Å²) >= 11 is 0. The topological polar surface area (TPSA) is 36.9 Å². The molecule has 140 valence electrons. The van der Waals surface area contributed by atoms with Gasteiger partial charge in [0.05, 0.1) is 0 Å². The van der Waals surface area contributed by atoms with Crippen LogP contribution in [0.3, 0.4) is 0 Å². The summed E-state index contributed by atoms with van der Waals surface area (Å²) < 4.78 is 26.0. The average molecular weight is 381 g/mol. The molecular formula is C16H40O4Si3. The smallest absolute Gasteiger partial charge is 0.416 e. The van der Waals surface area contributed by atoms with E-state index in [1.807, 2.05) is 6.92 Å². The van der Waals surface area contributed by atoms with Crippen molar-refractivity contribution in [1.82, 2.24) is 0 Å². The highest BCUT2D eigenvalue weighted by Crippen LogP contribution is 2.33. The van der Waals surface area contributed by atoms with Crippen LogP contribution in [0.25, 0.3) is 0 Å². The van der Waals surface area contributed by atoms with Gasteiger partial charge in [-0.05, 0) is 44.1 Å². The summed E-state index contributed by atoms with van der Waals surface area (Å²) in [7, 11) is -6.71. The Morgan fingerprint density at radius 3 is 1.30 bits per heavy atom. The van der Waals surface area contributed by atoms with Gasteiger partial charge in [0.1, 0.15) is 0 Å². The predicted molar refractivity (Wildman–Crippen MR) is 106 cm³/mol. The molecular weight excluding hydrogens is 340 g/mol. The van der Waals surface area contributed by atoms with Gasteiger partial charge in [-0.25, -0.2) is 0 Å². The molecule has 0 aliphatic heterocycles. The minimum atomic E-state index is -2.68. The zero-order valence-corrected chi connectivity index (χ0v) is 19.8. The number of hydrogen-bond donors (Lipinski definition) is 0. The molecule has 7 heteroatoms. The summed E-state index contributed by atoms with van der Waals surface area (Å²) in [4.78, 5) is 0. The van der Waals surface area contributed by atoms with Crippen molar-refractivity contribution in [1.29, 1.82) is 0 Å². The number of rotatable bonds is 14. The van der Waals surface area contributed by atoms with Crippen LogP contribution in [0.15, 0.2) is 0 Å². The third kappa shape index (κ3) is 6.37. The second-order valence-corrected chi connectivity index (χ2v) is 18.0. The van der Waals surface area contributed by atoms with Crippen LogP contribution in [0.2, 0.25) is 36.3 Å². The van der Waals surface area contributed by atoms with Crippen LogP contribution < -0.4 is 0 Å². The lowest BCUT2D eigenvalue weighted by molar-refractivity contribution is 0.136. The number of hydrogen-bond acceptors (Lipinski definition) is 4. The Morgan fingerprint density at radius 1 is 0.522 bits per heavy atom. The van der Waals surface area contributed by atoms with Crippen LogP contribution in [0.5, 0.6) is 0 Å². The predicted octanol–water partition coefficient (Wildman–Crippen LogP) is 5.54. The highest BCUT2D eigenvalue weighted by Gasteiger charge is 2.52. The molecule has 4 nitrogen and oxygen atoms in total. The Labute approximate surface area is 148 Å². The van der Waals surface area contributed by atoms with Gasteiger partial charge in [0, 0.05) is 19.3 Å². The van der Waals surface area contributed by atoms with Crippen molar-refractivity contribution >= 4 is 25.7 Å². The van der Waals surface area contributed by atoms with E-state index in [1.54, 1.807) is 0 Å². The molecule has 23 heavy (non-hydrogen) atoms. The molecule has 0 saturated heterocycles. The molecule has 0 rings (SSSR count). The fourth-order valence-electron chi connectivity index (χ4n) is 3.02. The normalized spacial score (nSPS) is 15.7. The second-order valence-electron chi connectivity index (χ2n) is 5.97. The third-order valence-electron chi connectivity index (χ3n) is 4.93. The zero-order valence-electron chi connectivity index (χ0n) is 16.8. The Morgan fingerprint density at radius 2 is 1.00 bits per heavy atom. The van der Waals surface area contributed by atoms with Crippen LogP contribution in [-0.2, 0) is 17.1 Å². The minimum Gasteiger partial charge on any atom is -0.416 e. The van der Waals surface area contributed by atoms with Crippen molar-refractivity contribution in [2.45, 2.75) is 91.7 Å². The van der Waals surface area contributed by atoms with Gasteiger partial charge in [-0.2, -0.15) is 0 Å². The Hall–Kier alpha value is 0.491. The highest BCUT2D eigenvalue weighted by molar-refractivity contribution is 6.86. The van der Waals surface area contributed by atoms with Gasteiger partial charge in [-0.1, -0.05) is 41.5 Å². The van der Waals surface area contributed by atoms with E-state index in [1.165, 1.54) is 0 Å². The third-order valence-corrected chi connectivity index (χ3v) is 19.1. The maximum absolute atomic E-state index is 6.86. The van der Waals surface area contributed by atoms with Crippen LogP contribution >= 0.6 is 0 Å². The fourth-order valence-corrected chi connectivity index (χ4v) is 16.8. The molecule has 0 aromatic heterocycles. The lowest BCUT2D eigenvalue weighted by Crippen LogP contribution is -2.61. The van der Waals surface area contributed by atoms with Gasteiger partial charge in [0.2, 0.25) is 0 Å². The molecule has 0 aromatic carbocycles.